The van der Waals surface area contributed by atoms with Gasteiger partial charge in [0.05, 0.1) is 18.0 Å². The van der Waals surface area contributed by atoms with Gasteiger partial charge in [-0.3, -0.25) is 9.78 Å². The molecule has 0 saturated heterocycles. The molecule has 5 rings (SSSR count). The van der Waals surface area contributed by atoms with Crippen LogP contribution in [0.1, 0.15) is 34.6 Å². The van der Waals surface area contributed by atoms with E-state index in [0.717, 1.165) is 37.1 Å². The van der Waals surface area contributed by atoms with E-state index in [1.54, 1.807) is 12.4 Å². The Morgan fingerprint density at radius 3 is 2.97 bits per heavy atom. The number of amides is 1. The van der Waals surface area contributed by atoms with Crippen LogP contribution in [0.3, 0.4) is 0 Å². The molecule has 0 spiro atoms. The van der Waals surface area contributed by atoms with E-state index in [-0.39, 0.29) is 36.1 Å². The number of carbonyl (C=O) groups is 1. The molecule has 2 aliphatic rings. The number of hydrogen-bond donors (Lipinski definition) is 2. The lowest BCUT2D eigenvalue weighted by Crippen LogP contribution is -2.30. The fourth-order valence-corrected chi connectivity index (χ4v) is 4.21. The van der Waals surface area contributed by atoms with Gasteiger partial charge >= 0.3 is 5.76 Å². The SMILES string of the molecule is Cc1ncc(C#N)c2c1CC(NCCCc1cn(-c3cnc4c(n3)NC(=O)CO4)c(=O)o1)C2. The molecule has 1 unspecified atom stereocenters. The molecular weight excluding hydrogens is 426 g/mol. The Morgan fingerprint density at radius 1 is 1.27 bits per heavy atom. The minimum atomic E-state index is -0.575. The summed E-state index contributed by atoms with van der Waals surface area (Å²) in [5.74, 6) is 0.242. The number of carbonyl (C=O) groups excluding carboxylic acids is 1. The fraction of sp³-hybridized carbons (Fsp3) is 0.364. The van der Waals surface area contributed by atoms with Crippen molar-refractivity contribution in [3.8, 4) is 17.8 Å². The Morgan fingerprint density at radius 2 is 2.12 bits per heavy atom. The van der Waals surface area contributed by atoms with Crippen molar-refractivity contribution >= 4 is 11.7 Å². The molecule has 1 amide bonds. The summed E-state index contributed by atoms with van der Waals surface area (Å²) in [6.45, 7) is 2.60. The van der Waals surface area contributed by atoms with E-state index in [0.29, 0.717) is 17.7 Å². The quantitative estimate of drug-likeness (QED) is 0.524. The molecule has 0 saturated carbocycles. The van der Waals surface area contributed by atoms with Crippen LogP contribution < -0.4 is 21.1 Å². The summed E-state index contributed by atoms with van der Waals surface area (Å²) < 4.78 is 11.8. The first-order valence-corrected chi connectivity index (χ1v) is 10.6. The van der Waals surface area contributed by atoms with Gasteiger partial charge < -0.3 is 19.8 Å². The highest BCUT2D eigenvalue weighted by atomic mass is 16.5. The number of rotatable bonds is 6. The Balaban J connectivity index is 1.18. The molecular formula is C22H21N7O4. The third-order valence-corrected chi connectivity index (χ3v) is 5.83. The van der Waals surface area contributed by atoms with E-state index >= 15 is 0 Å². The number of aromatic nitrogens is 4. The van der Waals surface area contributed by atoms with Crippen LogP contribution in [0, 0.1) is 18.3 Å². The number of pyridine rings is 1. The average Bonchev–Trinajstić information content (AvgIpc) is 3.40. The van der Waals surface area contributed by atoms with Crippen molar-refractivity contribution in [1.29, 1.82) is 5.26 Å². The van der Waals surface area contributed by atoms with Crippen LogP contribution in [0.25, 0.3) is 5.82 Å². The van der Waals surface area contributed by atoms with E-state index in [2.05, 4.69) is 31.7 Å². The van der Waals surface area contributed by atoms with E-state index in [1.165, 1.54) is 16.3 Å². The number of fused-ring (bicyclic) bond motifs is 2. The zero-order valence-electron chi connectivity index (χ0n) is 17.9. The Hall–Kier alpha value is -4.04. The van der Waals surface area contributed by atoms with Crippen molar-refractivity contribution in [2.45, 2.75) is 38.6 Å². The number of nitriles is 1. The lowest BCUT2D eigenvalue weighted by Gasteiger charge is -2.15. The van der Waals surface area contributed by atoms with Crippen LogP contribution in [0.15, 0.2) is 27.8 Å². The molecule has 2 N–H and O–H groups in total. The van der Waals surface area contributed by atoms with E-state index in [1.807, 2.05) is 6.92 Å². The smallest absolute Gasteiger partial charge is 0.425 e. The van der Waals surface area contributed by atoms with Gasteiger partial charge in [0.2, 0.25) is 0 Å². The van der Waals surface area contributed by atoms with Crippen molar-refractivity contribution < 1.29 is 13.9 Å². The van der Waals surface area contributed by atoms with Crippen molar-refractivity contribution in [3.05, 3.63) is 57.3 Å². The van der Waals surface area contributed by atoms with Gasteiger partial charge in [-0.05, 0) is 43.9 Å². The van der Waals surface area contributed by atoms with Gasteiger partial charge in [-0.1, -0.05) is 0 Å². The molecule has 0 aromatic carbocycles. The second kappa shape index (κ2) is 8.48. The highest BCUT2D eigenvalue weighted by Crippen LogP contribution is 2.27. The first-order chi connectivity index (χ1) is 16.0. The molecule has 1 aliphatic heterocycles. The van der Waals surface area contributed by atoms with Crippen LogP contribution in [-0.4, -0.2) is 44.6 Å². The van der Waals surface area contributed by atoms with Crippen LogP contribution in [0.4, 0.5) is 5.82 Å². The number of ether oxygens (including phenoxy) is 1. The minimum absolute atomic E-state index is 0.117. The summed E-state index contributed by atoms with van der Waals surface area (Å²) >= 11 is 0. The summed E-state index contributed by atoms with van der Waals surface area (Å²) in [7, 11) is 0. The van der Waals surface area contributed by atoms with Crippen LogP contribution in [-0.2, 0) is 24.1 Å². The summed E-state index contributed by atoms with van der Waals surface area (Å²) in [5, 5.41) is 15.4. The minimum Gasteiger partial charge on any atom is -0.465 e. The molecule has 3 aromatic rings. The largest absolute Gasteiger partial charge is 0.465 e. The first kappa shape index (κ1) is 20.8. The van der Waals surface area contributed by atoms with E-state index < -0.39 is 5.76 Å². The Labute approximate surface area is 188 Å². The number of oxazole rings is 1. The molecule has 33 heavy (non-hydrogen) atoms. The molecule has 11 heteroatoms. The second-order valence-electron chi connectivity index (χ2n) is 8.04. The third-order valence-electron chi connectivity index (χ3n) is 5.83. The molecule has 0 bridgehead atoms. The van der Waals surface area contributed by atoms with Gasteiger partial charge in [-0.15, -0.1) is 0 Å². The number of aryl methyl sites for hydroxylation is 2. The maximum absolute atomic E-state index is 12.3. The second-order valence-corrected chi connectivity index (χ2v) is 8.04. The van der Waals surface area contributed by atoms with Crippen LogP contribution in [0.5, 0.6) is 5.88 Å². The van der Waals surface area contributed by atoms with Crippen molar-refractivity contribution in [2.24, 2.45) is 0 Å². The van der Waals surface area contributed by atoms with Crippen LogP contribution >= 0.6 is 0 Å². The lowest BCUT2D eigenvalue weighted by atomic mass is 10.1. The van der Waals surface area contributed by atoms with Crippen molar-refractivity contribution in [1.82, 2.24) is 24.8 Å². The predicted octanol–water partition coefficient (Wildman–Crippen LogP) is 0.816. The van der Waals surface area contributed by atoms with Gasteiger partial charge in [0.25, 0.3) is 11.8 Å². The first-order valence-electron chi connectivity index (χ1n) is 10.6. The molecule has 1 atom stereocenters. The zero-order valence-corrected chi connectivity index (χ0v) is 17.9. The molecule has 0 radical (unpaired) electrons. The molecule has 168 valence electrons. The number of hydrogen-bond acceptors (Lipinski definition) is 9. The van der Waals surface area contributed by atoms with E-state index in [9.17, 15) is 14.9 Å². The summed E-state index contributed by atoms with van der Waals surface area (Å²) in [6, 6.07) is 2.49. The summed E-state index contributed by atoms with van der Waals surface area (Å²) in [4.78, 5) is 36.4. The number of nitrogens with one attached hydrogen (secondary N) is 2. The normalized spacial score (nSPS) is 16.5. The van der Waals surface area contributed by atoms with Gasteiger partial charge in [0.15, 0.2) is 18.2 Å². The standard InChI is InChI=1S/C22H21N7O4/c1-12-16-5-14(6-17(16)13(7-23)8-25-12)24-4-2-3-15-10-29(22(31)33-15)18-9-26-21-20(27-18)28-19(30)11-32-21/h8-10,14,24H,2-6,11H2,1H3,(H,27,28,30). The molecule has 0 fully saturated rings. The van der Waals surface area contributed by atoms with Gasteiger partial charge in [-0.2, -0.15) is 5.26 Å². The molecule has 11 nitrogen and oxygen atoms in total. The Kier molecular flexibility index (Phi) is 5.35. The molecule has 1 aliphatic carbocycles. The van der Waals surface area contributed by atoms with Crippen molar-refractivity contribution in [3.63, 3.8) is 0 Å². The Bertz CT molecular complexity index is 1340. The van der Waals surface area contributed by atoms with E-state index in [4.69, 9.17) is 9.15 Å². The third kappa shape index (κ3) is 4.08. The average molecular weight is 447 g/mol. The monoisotopic (exact) mass is 447 g/mol. The van der Waals surface area contributed by atoms with Gasteiger partial charge in [0, 0.05) is 24.4 Å². The number of anilines is 1. The summed E-state index contributed by atoms with van der Waals surface area (Å²) in [6.07, 6.45) is 7.62. The highest BCUT2D eigenvalue weighted by molar-refractivity contribution is 5.93. The highest BCUT2D eigenvalue weighted by Gasteiger charge is 2.26. The van der Waals surface area contributed by atoms with Crippen molar-refractivity contribution in [2.75, 3.05) is 18.5 Å². The van der Waals surface area contributed by atoms with Gasteiger partial charge in [-0.25, -0.2) is 19.3 Å². The van der Waals surface area contributed by atoms with Gasteiger partial charge in [0.1, 0.15) is 11.8 Å². The lowest BCUT2D eigenvalue weighted by molar-refractivity contribution is -0.118. The maximum Gasteiger partial charge on any atom is 0.425 e. The molecule has 3 aromatic heterocycles. The van der Waals surface area contributed by atoms with Crippen LogP contribution in [0.2, 0.25) is 0 Å². The number of nitrogens with zero attached hydrogens (tertiary/aromatic N) is 5. The fourth-order valence-electron chi connectivity index (χ4n) is 4.21. The molecule has 4 heterocycles. The summed E-state index contributed by atoms with van der Waals surface area (Å²) in [5.41, 5.74) is 3.90. The topological polar surface area (TPSA) is 148 Å². The maximum atomic E-state index is 12.3. The predicted molar refractivity (Wildman–Crippen MR) is 115 cm³/mol. The zero-order chi connectivity index (χ0) is 22.9.